The molecule has 0 fully saturated rings. The van der Waals surface area contributed by atoms with Crippen molar-refractivity contribution in [2.45, 2.75) is 11.3 Å². The molecule has 1 aliphatic heterocycles. The Balaban J connectivity index is 1.28. The number of benzene rings is 3. The molecule has 0 N–H and O–H groups in total. The zero-order chi connectivity index (χ0) is 24.0. The molecule has 172 valence electrons. The minimum absolute atomic E-state index is 0.0671. The molecule has 3 aromatic carbocycles. The van der Waals surface area contributed by atoms with E-state index in [1.54, 1.807) is 42.5 Å². The second kappa shape index (κ2) is 10.2. The molecule has 0 amide bonds. The van der Waals surface area contributed by atoms with Crippen molar-refractivity contribution in [3.05, 3.63) is 95.6 Å². The van der Waals surface area contributed by atoms with E-state index >= 15 is 0 Å². The highest BCUT2D eigenvalue weighted by atomic mass is 32.2. The Kier molecular flexibility index (Phi) is 6.95. The molecular formula is C26H22N2O5S. The van der Waals surface area contributed by atoms with Crippen LogP contribution < -0.4 is 9.04 Å². The molecule has 1 heterocycles. The zero-order valence-electron chi connectivity index (χ0n) is 18.3. The fourth-order valence-electron chi connectivity index (χ4n) is 3.58. The highest BCUT2D eigenvalue weighted by Crippen LogP contribution is 2.32. The highest BCUT2D eigenvalue weighted by molar-refractivity contribution is 7.92. The summed E-state index contributed by atoms with van der Waals surface area (Å²) in [5.74, 6) is 0.0480. The topological polar surface area (TPSA) is 96.7 Å². The van der Waals surface area contributed by atoms with E-state index < -0.39 is 16.0 Å². The summed E-state index contributed by atoms with van der Waals surface area (Å²) in [5.41, 5.74) is 2.95. The van der Waals surface area contributed by atoms with Gasteiger partial charge < -0.3 is 9.47 Å². The van der Waals surface area contributed by atoms with Gasteiger partial charge in [0.1, 0.15) is 19.0 Å². The van der Waals surface area contributed by atoms with Crippen molar-refractivity contribution in [3.8, 4) is 11.8 Å². The van der Waals surface area contributed by atoms with Crippen LogP contribution in [0.4, 0.5) is 5.69 Å². The van der Waals surface area contributed by atoms with Crippen molar-refractivity contribution in [1.29, 1.82) is 5.26 Å². The molecule has 0 bridgehead atoms. The lowest BCUT2D eigenvalue weighted by atomic mass is 10.2. The first-order valence-corrected chi connectivity index (χ1v) is 12.1. The van der Waals surface area contributed by atoms with E-state index in [1.807, 2.05) is 30.3 Å². The molecular weight excluding hydrogens is 452 g/mol. The average molecular weight is 475 g/mol. The van der Waals surface area contributed by atoms with Gasteiger partial charge >= 0.3 is 5.97 Å². The summed E-state index contributed by atoms with van der Waals surface area (Å²) >= 11 is 0. The largest absolute Gasteiger partial charge is 0.490 e. The smallest absolute Gasteiger partial charge is 0.330 e. The first kappa shape index (κ1) is 23.1. The van der Waals surface area contributed by atoms with Crippen LogP contribution in [0, 0.1) is 11.3 Å². The van der Waals surface area contributed by atoms with Crippen molar-refractivity contribution in [2.24, 2.45) is 0 Å². The number of nitriles is 1. The maximum absolute atomic E-state index is 13.1. The van der Waals surface area contributed by atoms with Crippen LogP contribution in [0.25, 0.3) is 6.08 Å². The lowest BCUT2D eigenvalue weighted by Crippen LogP contribution is -2.29. The second-order valence-electron chi connectivity index (χ2n) is 7.51. The van der Waals surface area contributed by atoms with Crippen molar-refractivity contribution >= 4 is 27.8 Å². The van der Waals surface area contributed by atoms with Crippen LogP contribution in [0.5, 0.6) is 5.75 Å². The molecule has 8 heteroatoms. The third kappa shape index (κ3) is 5.27. The SMILES string of the molecule is N#Cc1ccc(OCCOC(=O)/C=C/c2ccc(S(=O)(=O)N3CCc4ccccc43)cc2)cc1. The number of rotatable bonds is 8. The fourth-order valence-corrected chi connectivity index (χ4v) is 5.08. The normalized spacial score (nSPS) is 12.9. The number of para-hydroxylation sites is 1. The van der Waals surface area contributed by atoms with Gasteiger partial charge in [-0.2, -0.15) is 5.26 Å². The Bertz CT molecular complexity index is 1340. The van der Waals surface area contributed by atoms with Gasteiger partial charge in [-0.05, 0) is 66.1 Å². The Labute approximate surface area is 198 Å². The van der Waals surface area contributed by atoms with E-state index in [0.29, 0.717) is 29.8 Å². The number of nitrogens with zero attached hydrogens (tertiary/aromatic N) is 2. The minimum atomic E-state index is -3.65. The predicted octanol–water partition coefficient (Wildman–Crippen LogP) is 3.95. The van der Waals surface area contributed by atoms with Gasteiger partial charge in [0.2, 0.25) is 0 Å². The Morgan fingerprint density at radius 1 is 1.00 bits per heavy atom. The quantitative estimate of drug-likeness (QED) is 0.279. The van der Waals surface area contributed by atoms with Gasteiger partial charge in [-0.1, -0.05) is 30.3 Å². The van der Waals surface area contributed by atoms with Crippen LogP contribution in [-0.2, 0) is 26.0 Å². The van der Waals surface area contributed by atoms with E-state index in [-0.39, 0.29) is 18.1 Å². The molecule has 1 aliphatic rings. The summed E-state index contributed by atoms with van der Waals surface area (Å²) in [4.78, 5) is 12.1. The van der Waals surface area contributed by atoms with Crippen LogP contribution >= 0.6 is 0 Å². The molecule has 34 heavy (non-hydrogen) atoms. The monoisotopic (exact) mass is 474 g/mol. The lowest BCUT2D eigenvalue weighted by Gasteiger charge is -2.19. The van der Waals surface area contributed by atoms with E-state index in [4.69, 9.17) is 14.7 Å². The van der Waals surface area contributed by atoms with Gasteiger partial charge in [-0.3, -0.25) is 4.31 Å². The maximum Gasteiger partial charge on any atom is 0.330 e. The van der Waals surface area contributed by atoms with E-state index in [0.717, 1.165) is 11.3 Å². The number of sulfonamides is 1. The fraction of sp³-hybridized carbons (Fsp3) is 0.154. The first-order valence-electron chi connectivity index (χ1n) is 10.7. The summed E-state index contributed by atoms with van der Waals surface area (Å²) in [7, 11) is -3.65. The van der Waals surface area contributed by atoms with E-state index in [9.17, 15) is 13.2 Å². The number of carbonyl (C=O) groups excluding carboxylic acids is 1. The molecule has 0 aliphatic carbocycles. The molecule has 0 radical (unpaired) electrons. The van der Waals surface area contributed by atoms with Crippen molar-refractivity contribution in [2.75, 3.05) is 24.1 Å². The molecule has 0 spiro atoms. The molecule has 4 rings (SSSR count). The molecule has 0 atom stereocenters. The summed E-state index contributed by atoms with van der Waals surface area (Å²) < 4.78 is 38.1. The van der Waals surface area contributed by atoms with Crippen LogP contribution in [-0.4, -0.2) is 34.1 Å². The maximum atomic E-state index is 13.1. The number of fused-ring (bicyclic) bond motifs is 1. The van der Waals surface area contributed by atoms with Crippen molar-refractivity contribution in [3.63, 3.8) is 0 Å². The van der Waals surface area contributed by atoms with Crippen LogP contribution in [0.1, 0.15) is 16.7 Å². The first-order chi connectivity index (χ1) is 16.5. The molecule has 0 saturated carbocycles. The molecule has 0 unspecified atom stereocenters. The molecule has 7 nitrogen and oxygen atoms in total. The summed E-state index contributed by atoms with van der Waals surface area (Å²) in [6, 6.07) is 22.5. The number of anilines is 1. The van der Waals surface area contributed by atoms with Gasteiger partial charge in [0, 0.05) is 12.6 Å². The summed E-state index contributed by atoms with van der Waals surface area (Å²) in [5, 5.41) is 8.78. The molecule has 0 saturated heterocycles. The number of esters is 1. The predicted molar refractivity (Wildman–Crippen MR) is 128 cm³/mol. The summed E-state index contributed by atoms with van der Waals surface area (Å²) in [6.07, 6.45) is 3.53. The van der Waals surface area contributed by atoms with E-state index in [1.165, 1.54) is 22.5 Å². The number of ether oxygens (including phenoxy) is 2. The minimum Gasteiger partial charge on any atom is -0.490 e. The number of carbonyl (C=O) groups is 1. The Hall–Kier alpha value is -4.09. The molecule has 3 aromatic rings. The number of hydrogen-bond acceptors (Lipinski definition) is 6. The average Bonchev–Trinajstić information content (AvgIpc) is 3.31. The highest BCUT2D eigenvalue weighted by Gasteiger charge is 2.30. The van der Waals surface area contributed by atoms with Gasteiger partial charge in [-0.25, -0.2) is 13.2 Å². The van der Waals surface area contributed by atoms with Gasteiger partial charge in [0.25, 0.3) is 10.0 Å². The van der Waals surface area contributed by atoms with Gasteiger partial charge in [0.05, 0.1) is 22.2 Å². The van der Waals surface area contributed by atoms with Crippen LogP contribution in [0.2, 0.25) is 0 Å². The summed E-state index contributed by atoms with van der Waals surface area (Å²) in [6.45, 7) is 0.666. The van der Waals surface area contributed by atoms with Gasteiger partial charge in [0.15, 0.2) is 0 Å². The van der Waals surface area contributed by atoms with E-state index in [2.05, 4.69) is 0 Å². The van der Waals surface area contributed by atoms with Gasteiger partial charge in [-0.15, -0.1) is 0 Å². The van der Waals surface area contributed by atoms with Crippen molar-refractivity contribution < 1.29 is 22.7 Å². The zero-order valence-corrected chi connectivity index (χ0v) is 19.1. The third-order valence-electron chi connectivity index (χ3n) is 5.30. The lowest BCUT2D eigenvalue weighted by molar-refractivity contribution is -0.138. The standard InChI is InChI=1S/C26H22N2O5S/c27-19-21-5-10-23(11-6-21)32-17-18-33-26(29)14-9-20-7-12-24(13-8-20)34(30,31)28-16-15-22-3-1-2-4-25(22)28/h1-14H,15-18H2/b14-9+. The number of hydrogen-bond donors (Lipinski definition) is 0. The third-order valence-corrected chi connectivity index (χ3v) is 7.13. The Morgan fingerprint density at radius 3 is 2.47 bits per heavy atom. The second-order valence-corrected chi connectivity index (χ2v) is 9.37. The van der Waals surface area contributed by atoms with Crippen molar-refractivity contribution in [1.82, 2.24) is 0 Å². The molecule has 0 aromatic heterocycles. The van der Waals surface area contributed by atoms with Crippen LogP contribution in [0.3, 0.4) is 0 Å². The van der Waals surface area contributed by atoms with Crippen LogP contribution in [0.15, 0.2) is 83.8 Å². The Morgan fingerprint density at radius 2 is 1.74 bits per heavy atom.